The Labute approximate surface area is 193 Å². The molecule has 1 aromatic carbocycles. The van der Waals surface area contributed by atoms with Crippen molar-refractivity contribution in [3.8, 4) is 0 Å². The predicted octanol–water partition coefficient (Wildman–Crippen LogP) is 6.44. The van der Waals surface area contributed by atoms with Gasteiger partial charge in [0.25, 0.3) is 0 Å². The maximum absolute atomic E-state index is 12.2. The maximum Gasteiger partial charge on any atom is 0.410 e. The summed E-state index contributed by atoms with van der Waals surface area (Å²) in [6.45, 7) is 15.9. The lowest BCUT2D eigenvalue weighted by molar-refractivity contribution is -0.105. The molecule has 1 saturated carbocycles. The van der Waals surface area contributed by atoms with Crippen molar-refractivity contribution in [3.05, 3.63) is 30.3 Å². The zero-order valence-corrected chi connectivity index (χ0v) is 20.1. The summed E-state index contributed by atoms with van der Waals surface area (Å²) in [7, 11) is 0. The van der Waals surface area contributed by atoms with Crippen molar-refractivity contribution >= 4 is 36.7 Å². The maximum atomic E-state index is 12.2. The minimum absolute atomic E-state index is 0.127. The average molecular weight is 442 g/mol. The van der Waals surface area contributed by atoms with Gasteiger partial charge in [-0.25, -0.2) is 4.79 Å². The van der Waals surface area contributed by atoms with Gasteiger partial charge in [0, 0.05) is 23.8 Å². The van der Waals surface area contributed by atoms with E-state index in [0.29, 0.717) is 18.4 Å². The van der Waals surface area contributed by atoms with Gasteiger partial charge in [-0.2, -0.15) is 0 Å². The van der Waals surface area contributed by atoms with Crippen LogP contribution in [-0.4, -0.2) is 42.3 Å². The third-order valence-corrected chi connectivity index (χ3v) is 6.34. The Bertz CT molecular complexity index is 794. The zero-order valence-electron chi connectivity index (χ0n) is 20.1. The van der Waals surface area contributed by atoms with Crippen LogP contribution in [0.25, 0.3) is 6.08 Å². The number of anilines is 1. The molecule has 6 heteroatoms. The van der Waals surface area contributed by atoms with Crippen LogP contribution in [-0.2, 0) is 9.53 Å². The van der Waals surface area contributed by atoms with E-state index in [1.165, 1.54) is 32.1 Å². The Balaban J connectivity index is 0.000000244. The molecular formula is C26H39N3O3. The normalized spacial score (nSPS) is 21.2. The molecule has 1 aliphatic heterocycles. The van der Waals surface area contributed by atoms with E-state index in [9.17, 15) is 9.59 Å². The topological polar surface area (TPSA) is 71.0 Å². The number of amides is 2. The minimum atomic E-state index is -0.389. The van der Waals surface area contributed by atoms with Gasteiger partial charge in [0.2, 0.25) is 6.41 Å². The molecule has 32 heavy (non-hydrogen) atoms. The Kier molecular flexibility index (Phi) is 9.48. The summed E-state index contributed by atoms with van der Waals surface area (Å²) in [6.07, 6.45) is 10.2. The number of benzene rings is 1. The molecule has 1 N–H and O–H groups in total. The summed E-state index contributed by atoms with van der Waals surface area (Å²) >= 11 is 0. The molecule has 0 bridgehead atoms. The van der Waals surface area contributed by atoms with E-state index >= 15 is 0 Å². The molecule has 0 spiro atoms. The van der Waals surface area contributed by atoms with Crippen molar-refractivity contribution in [3.63, 3.8) is 0 Å². The number of aliphatic imine (C=N–C) groups is 1. The van der Waals surface area contributed by atoms with Crippen molar-refractivity contribution in [1.29, 1.82) is 0 Å². The first kappa shape index (κ1) is 25.6. The summed E-state index contributed by atoms with van der Waals surface area (Å²) < 4.78 is 5.51. The molecule has 0 aromatic heterocycles. The van der Waals surface area contributed by atoms with Gasteiger partial charge in [0.1, 0.15) is 5.60 Å². The zero-order chi connectivity index (χ0) is 23.7. The number of ether oxygens (including phenoxy) is 1. The molecular weight excluding hydrogens is 402 g/mol. The highest BCUT2D eigenvalue weighted by Gasteiger charge is 2.39. The van der Waals surface area contributed by atoms with Crippen molar-refractivity contribution < 1.29 is 14.3 Å². The number of nitrogens with zero attached hydrogens (tertiary/aromatic N) is 2. The van der Waals surface area contributed by atoms with Gasteiger partial charge in [0.05, 0.1) is 5.69 Å². The van der Waals surface area contributed by atoms with Crippen molar-refractivity contribution in [2.75, 3.05) is 11.9 Å². The number of hydrogen-bond acceptors (Lipinski definition) is 4. The highest BCUT2D eigenvalue weighted by Crippen LogP contribution is 2.39. The largest absolute Gasteiger partial charge is 0.444 e. The summed E-state index contributed by atoms with van der Waals surface area (Å²) in [6, 6.07) is 5.66. The highest BCUT2D eigenvalue weighted by atomic mass is 16.6. The summed E-state index contributed by atoms with van der Waals surface area (Å²) in [5.41, 5.74) is 1.94. The Morgan fingerprint density at radius 1 is 1.22 bits per heavy atom. The SMILES string of the molecule is C=Cc1cc(NC=O)ccc1N=C.C[C@@H]1C(C2CCCCC2)CCN1C(=O)OC(C)(C)C. The third kappa shape index (κ3) is 7.21. The van der Waals surface area contributed by atoms with Crippen LogP contribution in [0.5, 0.6) is 0 Å². The molecule has 2 aliphatic rings. The number of hydrogen-bond donors (Lipinski definition) is 1. The fourth-order valence-corrected chi connectivity index (χ4v) is 4.75. The Morgan fingerprint density at radius 2 is 1.91 bits per heavy atom. The van der Waals surface area contributed by atoms with Gasteiger partial charge in [0.15, 0.2) is 0 Å². The van der Waals surface area contributed by atoms with Crippen LogP contribution in [0.3, 0.4) is 0 Å². The highest BCUT2D eigenvalue weighted by molar-refractivity contribution is 5.76. The van der Waals surface area contributed by atoms with Crippen LogP contribution in [0, 0.1) is 11.8 Å². The van der Waals surface area contributed by atoms with E-state index in [-0.39, 0.29) is 11.7 Å². The number of rotatable bonds is 5. The van der Waals surface area contributed by atoms with Crippen LogP contribution in [0.2, 0.25) is 0 Å². The van der Waals surface area contributed by atoms with Crippen molar-refractivity contribution in [2.24, 2.45) is 16.8 Å². The van der Waals surface area contributed by atoms with Gasteiger partial charge < -0.3 is 15.0 Å². The molecule has 6 nitrogen and oxygen atoms in total. The van der Waals surface area contributed by atoms with Crippen LogP contribution in [0.4, 0.5) is 16.2 Å². The second-order valence-electron chi connectivity index (χ2n) is 9.66. The third-order valence-electron chi connectivity index (χ3n) is 6.34. The molecule has 0 radical (unpaired) electrons. The van der Waals surface area contributed by atoms with Crippen molar-refractivity contribution in [2.45, 2.75) is 77.9 Å². The molecule has 2 fully saturated rings. The first-order chi connectivity index (χ1) is 15.2. The van der Waals surface area contributed by atoms with Crippen LogP contribution in [0.1, 0.15) is 71.8 Å². The number of carbonyl (C=O) groups is 2. The Morgan fingerprint density at radius 3 is 2.47 bits per heavy atom. The van der Waals surface area contributed by atoms with E-state index in [1.807, 2.05) is 25.7 Å². The average Bonchev–Trinajstić information content (AvgIpc) is 3.15. The van der Waals surface area contributed by atoms with Gasteiger partial charge >= 0.3 is 6.09 Å². The standard InChI is InChI=1S/C16H29NO2.C10H10N2O/c1-12-14(13-8-6-5-7-9-13)10-11-17(12)15(18)19-16(2,3)4;1-3-8-6-9(12-7-13)4-5-10(8)11-2/h12-14H,5-11H2,1-4H3;3-7H,1-2H2,(H,12,13)/t12-,14?;/m1./s1. The summed E-state index contributed by atoms with van der Waals surface area (Å²) in [5.74, 6) is 1.52. The monoisotopic (exact) mass is 441 g/mol. The van der Waals surface area contributed by atoms with E-state index in [4.69, 9.17) is 4.74 Å². The summed E-state index contributed by atoms with van der Waals surface area (Å²) in [5, 5.41) is 2.54. The van der Waals surface area contributed by atoms with E-state index in [1.54, 1.807) is 24.3 Å². The number of nitrogens with one attached hydrogen (secondary N) is 1. The van der Waals surface area contributed by atoms with Gasteiger partial charge in [-0.15, -0.1) is 0 Å². The summed E-state index contributed by atoms with van der Waals surface area (Å²) in [4.78, 5) is 28.1. The van der Waals surface area contributed by atoms with Crippen molar-refractivity contribution in [1.82, 2.24) is 4.90 Å². The second kappa shape index (κ2) is 11.8. The quantitative estimate of drug-likeness (QED) is 0.422. The lowest BCUT2D eigenvalue weighted by Gasteiger charge is -2.33. The molecule has 1 saturated heterocycles. The second-order valence-corrected chi connectivity index (χ2v) is 9.66. The molecule has 2 amide bonds. The smallest absolute Gasteiger partial charge is 0.410 e. The van der Waals surface area contributed by atoms with Gasteiger partial charge in [-0.1, -0.05) is 44.8 Å². The van der Waals surface area contributed by atoms with E-state index in [0.717, 1.165) is 35.8 Å². The van der Waals surface area contributed by atoms with E-state index in [2.05, 4.69) is 30.5 Å². The fraction of sp³-hybridized carbons (Fsp3) is 0.577. The number of carbonyl (C=O) groups excluding carboxylic acids is 2. The molecule has 1 aliphatic carbocycles. The lowest BCUT2D eigenvalue weighted by atomic mass is 9.77. The molecule has 1 aromatic rings. The number of likely N-dealkylation sites (tertiary alicyclic amines) is 1. The van der Waals surface area contributed by atoms with Gasteiger partial charge in [-0.05, 0) is 70.9 Å². The molecule has 1 heterocycles. The molecule has 2 atom stereocenters. The first-order valence-electron chi connectivity index (χ1n) is 11.6. The predicted molar refractivity (Wildman–Crippen MR) is 133 cm³/mol. The van der Waals surface area contributed by atoms with Gasteiger partial charge in [-0.3, -0.25) is 9.79 Å². The first-order valence-corrected chi connectivity index (χ1v) is 11.6. The minimum Gasteiger partial charge on any atom is -0.444 e. The Hall–Kier alpha value is -2.63. The van der Waals surface area contributed by atoms with Crippen LogP contribution < -0.4 is 5.32 Å². The lowest BCUT2D eigenvalue weighted by Crippen LogP contribution is -2.41. The fourth-order valence-electron chi connectivity index (χ4n) is 4.75. The molecule has 176 valence electrons. The van der Waals surface area contributed by atoms with Crippen LogP contribution >= 0.6 is 0 Å². The molecule has 1 unspecified atom stereocenters. The molecule has 3 rings (SSSR count). The van der Waals surface area contributed by atoms with Crippen LogP contribution in [0.15, 0.2) is 29.8 Å². The van der Waals surface area contributed by atoms with E-state index < -0.39 is 0 Å².